The van der Waals surface area contributed by atoms with E-state index < -0.39 is 0 Å². The van der Waals surface area contributed by atoms with Crippen molar-refractivity contribution in [1.82, 2.24) is 4.90 Å². The highest BCUT2D eigenvalue weighted by molar-refractivity contribution is 5.78. The van der Waals surface area contributed by atoms with Crippen LogP contribution in [0.3, 0.4) is 0 Å². The number of nitrogens with zero attached hydrogens (tertiary/aromatic N) is 1. The van der Waals surface area contributed by atoms with E-state index in [-0.39, 0.29) is 17.4 Å². The van der Waals surface area contributed by atoms with E-state index in [9.17, 15) is 4.79 Å². The summed E-state index contributed by atoms with van der Waals surface area (Å²) >= 11 is 0. The third-order valence-electron chi connectivity index (χ3n) is 5.77. The third kappa shape index (κ3) is 4.24. The monoisotopic (exact) mass is 345 g/mol. The van der Waals surface area contributed by atoms with Crippen LogP contribution in [-0.4, -0.2) is 49.8 Å². The standard InChI is InChI=1S/C21H31NO3/c1-16(2)19-14-21(8-11-25-19,18-6-4-17(3)5-7-18)15-20(23)22-9-12-24-13-10-22/h4-7,16,19H,8-15H2,1-3H3/t19-,21+/m0/s1. The van der Waals surface area contributed by atoms with Crippen molar-refractivity contribution in [1.29, 1.82) is 0 Å². The zero-order valence-electron chi connectivity index (χ0n) is 15.8. The Morgan fingerprint density at radius 1 is 1.20 bits per heavy atom. The van der Waals surface area contributed by atoms with Crippen molar-refractivity contribution in [2.75, 3.05) is 32.9 Å². The second kappa shape index (κ2) is 7.88. The summed E-state index contributed by atoms with van der Waals surface area (Å²) in [5.41, 5.74) is 2.43. The maximum atomic E-state index is 13.0. The van der Waals surface area contributed by atoms with Gasteiger partial charge in [-0.2, -0.15) is 0 Å². The fourth-order valence-electron chi connectivity index (χ4n) is 4.03. The zero-order valence-corrected chi connectivity index (χ0v) is 15.8. The Labute approximate surface area is 151 Å². The molecule has 0 aromatic heterocycles. The Morgan fingerprint density at radius 2 is 1.88 bits per heavy atom. The molecule has 2 atom stereocenters. The first kappa shape index (κ1) is 18.4. The number of hydrogen-bond acceptors (Lipinski definition) is 3. The van der Waals surface area contributed by atoms with Gasteiger partial charge in [-0.3, -0.25) is 4.79 Å². The van der Waals surface area contributed by atoms with Gasteiger partial charge in [-0.1, -0.05) is 43.7 Å². The van der Waals surface area contributed by atoms with Gasteiger partial charge in [0.1, 0.15) is 0 Å². The molecule has 1 amide bonds. The molecule has 0 radical (unpaired) electrons. The lowest BCUT2D eigenvalue weighted by molar-refractivity contribution is -0.138. The number of ether oxygens (including phenoxy) is 2. The van der Waals surface area contributed by atoms with Gasteiger partial charge in [-0.15, -0.1) is 0 Å². The first-order valence-corrected chi connectivity index (χ1v) is 9.54. The lowest BCUT2D eigenvalue weighted by Crippen LogP contribution is -2.47. The maximum absolute atomic E-state index is 13.0. The fraction of sp³-hybridized carbons (Fsp3) is 0.667. The largest absolute Gasteiger partial charge is 0.378 e. The van der Waals surface area contributed by atoms with E-state index in [0.717, 1.165) is 19.4 Å². The molecule has 2 heterocycles. The van der Waals surface area contributed by atoms with E-state index in [2.05, 4.69) is 45.0 Å². The minimum atomic E-state index is -0.115. The summed E-state index contributed by atoms with van der Waals surface area (Å²) in [6.07, 6.45) is 2.62. The molecular weight excluding hydrogens is 314 g/mol. The Balaban J connectivity index is 1.85. The van der Waals surface area contributed by atoms with Crippen LogP contribution in [0.25, 0.3) is 0 Å². The Bertz CT molecular complexity index is 577. The number of carbonyl (C=O) groups is 1. The summed E-state index contributed by atoms with van der Waals surface area (Å²) in [4.78, 5) is 15.0. The first-order valence-electron chi connectivity index (χ1n) is 9.54. The molecule has 25 heavy (non-hydrogen) atoms. The van der Waals surface area contributed by atoms with E-state index in [4.69, 9.17) is 9.47 Å². The summed E-state index contributed by atoms with van der Waals surface area (Å²) in [6.45, 7) is 9.99. The molecule has 0 N–H and O–H groups in total. The molecule has 1 aromatic carbocycles. The van der Waals surface area contributed by atoms with Gasteiger partial charge in [0, 0.05) is 31.5 Å². The van der Waals surface area contributed by atoms with Crippen molar-refractivity contribution in [3.05, 3.63) is 35.4 Å². The summed E-state index contributed by atoms with van der Waals surface area (Å²) in [7, 11) is 0. The zero-order chi connectivity index (χ0) is 17.9. The fourth-order valence-corrected chi connectivity index (χ4v) is 4.03. The number of aryl methyl sites for hydroxylation is 1. The van der Waals surface area contributed by atoms with Gasteiger partial charge >= 0.3 is 0 Å². The molecule has 138 valence electrons. The normalized spacial score (nSPS) is 27.5. The Kier molecular flexibility index (Phi) is 5.80. The van der Waals surface area contributed by atoms with E-state index in [1.807, 2.05) is 4.90 Å². The predicted octanol–water partition coefficient (Wildman–Crippen LogP) is 3.32. The summed E-state index contributed by atoms with van der Waals surface area (Å²) in [6, 6.07) is 8.75. The molecule has 2 saturated heterocycles. The highest BCUT2D eigenvalue weighted by Crippen LogP contribution is 2.42. The lowest BCUT2D eigenvalue weighted by atomic mass is 9.68. The van der Waals surface area contributed by atoms with Crippen LogP contribution in [0.15, 0.2) is 24.3 Å². The van der Waals surface area contributed by atoms with Crippen LogP contribution in [0.1, 0.15) is 44.2 Å². The van der Waals surface area contributed by atoms with Gasteiger partial charge in [0.05, 0.1) is 19.3 Å². The van der Waals surface area contributed by atoms with Crippen LogP contribution in [0.4, 0.5) is 0 Å². The van der Waals surface area contributed by atoms with Gasteiger partial charge in [0.15, 0.2) is 0 Å². The molecule has 0 spiro atoms. The summed E-state index contributed by atoms with van der Waals surface area (Å²) in [5, 5.41) is 0. The van der Waals surface area contributed by atoms with Crippen LogP contribution >= 0.6 is 0 Å². The average Bonchev–Trinajstić information content (AvgIpc) is 2.63. The molecule has 3 rings (SSSR count). The lowest BCUT2D eigenvalue weighted by Gasteiger charge is -2.43. The third-order valence-corrected chi connectivity index (χ3v) is 5.77. The van der Waals surface area contributed by atoms with Crippen molar-refractivity contribution in [2.45, 2.75) is 51.6 Å². The SMILES string of the molecule is Cc1ccc([C@]2(CC(=O)N3CCOCC3)CCO[C@H](C(C)C)C2)cc1. The van der Waals surface area contributed by atoms with Gasteiger partial charge in [-0.05, 0) is 31.2 Å². The molecule has 4 heteroatoms. The molecule has 0 saturated carbocycles. The molecule has 1 aromatic rings. The van der Waals surface area contributed by atoms with Crippen molar-refractivity contribution in [2.24, 2.45) is 5.92 Å². The number of hydrogen-bond donors (Lipinski definition) is 0. The van der Waals surface area contributed by atoms with E-state index >= 15 is 0 Å². The maximum Gasteiger partial charge on any atom is 0.223 e. The van der Waals surface area contributed by atoms with Gasteiger partial charge in [-0.25, -0.2) is 0 Å². The molecular formula is C21H31NO3. The highest BCUT2D eigenvalue weighted by atomic mass is 16.5. The molecule has 4 nitrogen and oxygen atoms in total. The minimum Gasteiger partial charge on any atom is -0.378 e. The summed E-state index contributed by atoms with van der Waals surface area (Å²) in [5.74, 6) is 0.719. The topological polar surface area (TPSA) is 38.8 Å². The molecule has 0 unspecified atom stereocenters. The number of carbonyl (C=O) groups excluding carboxylic acids is 1. The van der Waals surface area contributed by atoms with Crippen LogP contribution in [0, 0.1) is 12.8 Å². The number of benzene rings is 1. The molecule has 2 fully saturated rings. The number of morpholine rings is 1. The molecule has 2 aliphatic rings. The van der Waals surface area contributed by atoms with Crippen molar-refractivity contribution >= 4 is 5.91 Å². The van der Waals surface area contributed by atoms with Crippen molar-refractivity contribution in [3.8, 4) is 0 Å². The van der Waals surface area contributed by atoms with Crippen molar-refractivity contribution in [3.63, 3.8) is 0 Å². The Hall–Kier alpha value is -1.39. The predicted molar refractivity (Wildman–Crippen MR) is 98.7 cm³/mol. The van der Waals surface area contributed by atoms with Crippen LogP contribution < -0.4 is 0 Å². The quantitative estimate of drug-likeness (QED) is 0.840. The number of rotatable bonds is 4. The van der Waals surface area contributed by atoms with Gasteiger partial charge in [0.2, 0.25) is 5.91 Å². The molecule has 0 aliphatic carbocycles. The van der Waals surface area contributed by atoms with Gasteiger partial charge < -0.3 is 14.4 Å². The van der Waals surface area contributed by atoms with E-state index in [1.165, 1.54) is 11.1 Å². The van der Waals surface area contributed by atoms with E-state index in [0.29, 0.717) is 38.6 Å². The van der Waals surface area contributed by atoms with E-state index in [1.54, 1.807) is 0 Å². The molecule has 2 aliphatic heterocycles. The second-order valence-corrected chi connectivity index (χ2v) is 7.92. The van der Waals surface area contributed by atoms with Crippen molar-refractivity contribution < 1.29 is 14.3 Å². The average molecular weight is 345 g/mol. The summed E-state index contributed by atoms with van der Waals surface area (Å²) < 4.78 is 11.4. The molecule has 0 bridgehead atoms. The first-order chi connectivity index (χ1) is 12.0. The minimum absolute atomic E-state index is 0.115. The smallest absolute Gasteiger partial charge is 0.223 e. The second-order valence-electron chi connectivity index (χ2n) is 7.92. The van der Waals surface area contributed by atoms with Crippen LogP contribution in [-0.2, 0) is 19.7 Å². The highest BCUT2D eigenvalue weighted by Gasteiger charge is 2.42. The number of amides is 1. The van der Waals surface area contributed by atoms with Crippen LogP contribution in [0.5, 0.6) is 0 Å². The Morgan fingerprint density at radius 3 is 2.52 bits per heavy atom. The van der Waals surface area contributed by atoms with Gasteiger partial charge in [0.25, 0.3) is 0 Å². The van der Waals surface area contributed by atoms with Crippen LogP contribution in [0.2, 0.25) is 0 Å².